The van der Waals surface area contributed by atoms with E-state index in [2.05, 4.69) is 10.6 Å². The van der Waals surface area contributed by atoms with E-state index in [1.54, 1.807) is 7.11 Å². The number of ether oxygens (including phenoxy) is 2. The number of benzene rings is 2. The number of hydrogen-bond acceptors (Lipinski definition) is 6. The monoisotopic (exact) mass is 459 g/mol. The van der Waals surface area contributed by atoms with Crippen LogP contribution >= 0.6 is 0 Å². The average molecular weight is 459 g/mol. The van der Waals surface area contributed by atoms with Crippen LogP contribution in [0.3, 0.4) is 0 Å². The van der Waals surface area contributed by atoms with Crippen LogP contribution in [0.15, 0.2) is 48.5 Å². The van der Waals surface area contributed by atoms with Crippen molar-refractivity contribution in [2.24, 2.45) is 5.73 Å². The molecule has 2 aromatic carbocycles. The van der Waals surface area contributed by atoms with E-state index in [9.17, 15) is 23.6 Å². The molecule has 0 aliphatic rings. The molecule has 0 saturated carbocycles. The highest BCUT2D eigenvalue weighted by atomic mass is 19.1. The second-order valence-electron chi connectivity index (χ2n) is 7.09. The minimum absolute atomic E-state index is 0.111. The van der Waals surface area contributed by atoms with Crippen LogP contribution < -0.4 is 21.1 Å². The number of primary amides is 1. The summed E-state index contributed by atoms with van der Waals surface area (Å²) in [7, 11) is 1.57. The van der Waals surface area contributed by atoms with E-state index in [0.717, 1.165) is 23.4 Å². The van der Waals surface area contributed by atoms with Gasteiger partial charge in [0.05, 0.1) is 7.11 Å². The lowest BCUT2D eigenvalue weighted by Gasteiger charge is -2.17. The van der Waals surface area contributed by atoms with E-state index in [0.29, 0.717) is 13.0 Å². The molecule has 0 fully saturated rings. The third-order valence-corrected chi connectivity index (χ3v) is 4.62. The van der Waals surface area contributed by atoms with Crippen molar-refractivity contribution in [3.8, 4) is 5.75 Å². The molecule has 9 nitrogen and oxygen atoms in total. The molecule has 0 spiro atoms. The van der Waals surface area contributed by atoms with Gasteiger partial charge in [-0.05, 0) is 54.8 Å². The first kappa shape index (κ1) is 25.3. The van der Waals surface area contributed by atoms with Gasteiger partial charge < -0.3 is 25.8 Å². The Morgan fingerprint density at radius 2 is 1.70 bits per heavy atom. The molecule has 0 heterocycles. The Hall–Kier alpha value is -3.95. The van der Waals surface area contributed by atoms with E-state index in [1.165, 1.54) is 12.1 Å². The fourth-order valence-electron chi connectivity index (χ4n) is 2.81. The highest BCUT2D eigenvalue weighted by Gasteiger charge is 2.24. The van der Waals surface area contributed by atoms with E-state index < -0.39 is 42.2 Å². The molecule has 0 saturated heterocycles. The van der Waals surface area contributed by atoms with E-state index >= 15 is 0 Å². The summed E-state index contributed by atoms with van der Waals surface area (Å²) in [6.45, 7) is -0.226. The molecule has 1 unspecified atom stereocenters. The summed E-state index contributed by atoms with van der Waals surface area (Å²) in [4.78, 5) is 47.8. The minimum Gasteiger partial charge on any atom is -0.497 e. The quantitative estimate of drug-likeness (QED) is 0.407. The van der Waals surface area contributed by atoms with Crippen LogP contribution in [-0.2, 0) is 25.5 Å². The molecular weight excluding hydrogens is 433 g/mol. The van der Waals surface area contributed by atoms with Crippen LogP contribution in [0.5, 0.6) is 5.75 Å². The van der Waals surface area contributed by atoms with Gasteiger partial charge in [-0.3, -0.25) is 14.4 Å². The summed E-state index contributed by atoms with van der Waals surface area (Å²) in [6.07, 6.45) is 0.274. The van der Waals surface area contributed by atoms with Crippen molar-refractivity contribution >= 4 is 23.7 Å². The highest BCUT2D eigenvalue weighted by Crippen LogP contribution is 2.11. The summed E-state index contributed by atoms with van der Waals surface area (Å²) in [6, 6.07) is 10.9. The lowest BCUT2D eigenvalue weighted by atomic mass is 10.1. The topological polar surface area (TPSA) is 137 Å². The van der Waals surface area contributed by atoms with Gasteiger partial charge in [0.15, 0.2) is 6.61 Å². The summed E-state index contributed by atoms with van der Waals surface area (Å²) >= 11 is 0. The number of nitrogens with one attached hydrogen (secondary N) is 2. The Kier molecular flexibility index (Phi) is 9.81. The lowest BCUT2D eigenvalue weighted by Crippen LogP contribution is -2.43. The van der Waals surface area contributed by atoms with Gasteiger partial charge in [-0.2, -0.15) is 0 Å². The smallest absolute Gasteiger partial charge is 0.329 e. The molecule has 0 radical (unpaired) electrons. The molecule has 2 aromatic rings. The van der Waals surface area contributed by atoms with Crippen LogP contribution in [-0.4, -0.2) is 50.0 Å². The summed E-state index contributed by atoms with van der Waals surface area (Å²) in [5, 5.41) is 5.05. The molecule has 0 aromatic heterocycles. The Morgan fingerprint density at radius 1 is 1.03 bits per heavy atom. The zero-order chi connectivity index (χ0) is 24.2. The van der Waals surface area contributed by atoms with Gasteiger partial charge in [-0.1, -0.05) is 12.1 Å². The third kappa shape index (κ3) is 8.98. The van der Waals surface area contributed by atoms with E-state index in [1.807, 2.05) is 24.3 Å². The maximum atomic E-state index is 13.0. The molecule has 10 heteroatoms. The number of esters is 1. The first-order chi connectivity index (χ1) is 15.8. The van der Waals surface area contributed by atoms with Crippen LogP contribution in [0.4, 0.5) is 4.39 Å². The second kappa shape index (κ2) is 12.8. The molecule has 2 rings (SSSR count). The van der Waals surface area contributed by atoms with Crippen molar-refractivity contribution in [1.82, 2.24) is 10.6 Å². The third-order valence-electron chi connectivity index (χ3n) is 4.62. The van der Waals surface area contributed by atoms with Gasteiger partial charge >= 0.3 is 5.97 Å². The highest BCUT2D eigenvalue weighted by molar-refractivity contribution is 5.97. The van der Waals surface area contributed by atoms with E-state index in [4.69, 9.17) is 15.2 Å². The van der Waals surface area contributed by atoms with Crippen LogP contribution in [0.1, 0.15) is 28.8 Å². The lowest BCUT2D eigenvalue weighted by molar-refractivity contribution is -0.150. The van der Waals surface area contributed by atoms with Crippen molar-refractivity contribution in [3.05, 3.63) is 65.5 Å². The summed E-state index contributed by atoms with van der Waals surface area (Å²) in [5.41, 5.74) is 6.23. The Bertz CT molecular complexity index is 963. The molecule has 33 heavy (non-hydrogen) atoms. The second-order valence-corrected chi connectivity index (χ2v) is 7.09. The Labute approximate surface area is 190 Å². The number of hydrogen-bond donors (Lipinski definition) is 3. The van der Waals surface area contributed by atoms with Crippen molar-refractivity contribution in [3.63, 3.8) is 0 Å². The van der Waals surface area contributed by atoms with Crippen molar-refractivity contribution < 1.29 is 33.0 Å². The minimum atomic E-state index is -1.21. The van der Waals surface area contributed by atoms with Gasteiger partial charge in [0.2, 0.25) is 5.91 Å². The molecule has 3 amide bonds. The molecule has 0 aliphatic heterocycles. The van der Waals surface area contributed by atoms with Crippen LogP contribution in [0.2, 0.25) is 0 Å². The fraction of sp³-hybridized carbons (Fsp3) is 0.304. The number of rotatable bonds is 12. The zero-order valence-corrected chi connectivity index (χ0v) is 18.1. The van der Waals surface area contributed by atoms with Gasteiger partial charge in [-0.15, -0.1) is 0 Å². The zero-order valence-electron chi connectivity index (χ0n) is 18.1. The van der Waals surface area contributed by atoms with Crippen LogP contribution in [0.25, 0.3) is 0 Å². The molecule has 0 bridgehead atoms. The van der Waals surface area contributed by atoms with Crippen molar-refractivity contribution in [2.75, 3.05) is 20.3 Å². The first-order valence-corrected chi connectivity index (χ1v) is 10.2. The predicted molar refractivity (Wildman–Crippen MR) is 117 cm³/mol. The number of nitrogens with two attached hydrogens (primary N) is 1. The number of amides is 3. The number of carbonyl (C=O) groups excluding carboxylic acids is 4. The van der Waals surface area contributed by atoms with E-state index in [-0.39, 0.29) is 18.4 Å². The van der Waals surface area contributed by atoms with Gasteiger partial charge in [-0.25, -0.2) is 9.18 Å². The maximum absolute atomic E-state index is 13.0. The molecule has 0 aliphatic carbocycles. The van der Waals surface area contributed by atoms with Gasteiger partial charge in [0.25, 0.3) is 11.8 Å². The Morgan fingerprint density at radius 3 is 2.30 bits per heavy atom. The largest absolute Gasteiger partial charge is 0.497 e. The SMILES string of the molecule is COc1ccc(CCNC(=O)COC(=O)C(CCC(N)=O)NC(=O)c2ccc(F)cc2)cc1. The number of carbonyl (C=O) groups is 4. The van der Waals surface area contributed by atoms with Crippen LogP contribution in [0, 0.1) is 5.82 Å². The molecule has 176 valence electrons. The number of halogens is 1. The van der Waals surface area contributed by atoms with Crippen molar-refractivity contribution in [2.45, 2.75) is 25.3 Å². The fourth-order valence-corrected chi connectivity index (χ4v) is 2.81. The van der Waals surface area contributed by atoms with Crippen molar-refractivity contribution in [1.29, 1.82) is 0 Å². The standard InChI is InChI=1S/C23H26FN3O6/c1-32-18-8-2-15(3-9-18)12-13-26-21(29)14-33-23(31)19(10-11-20(25)28)27-22(30)16-4-6-17(24)7-5-16/h2-9,19H,10-14H2,1H3,(H2,25,28)(H,26,29)(H,27,30). The average Bonchev–Trinajstić information content (AvgIpc) is 2.80. The van der Waals surface area contributed by atoms with Gasteiger partial charge in [0.1, 0.15) is 17.6 Å². The normalized spacial score (nSPS) is 11.2. The maximum Gasteiger partial charge on any atom is 0.329 e. The molecule has 1 atom stereocenters. The Balaban J connectivity index is 1.83. The van der Waals surface area contributed by atoms with Gasteiger partial charge in [0, 0.05) is 18.5 Å². The molecular formula is C23H26FN3O6. The predicted octanol–water partition coefficient (Wildman–Crippen LogP) is 1.10. The summed E-state index contributed by atoms with van der Waals surface area (Å²) < 4.78 is 23.1. The summed E-state index contributed by atoms with van der Waals surface area (Å²) in [5.74, 6) is -2.53. The molecule has 4 N–H and O–H groups in total. The number of methoxy groups -OCH3 is 1. The first-order valence-electron chi connectivity index (χ1n) is 10.2.